The van der Waals surface area contributed by atoms with Gasteiger partial charge in [0, 0.05) is 12.1 Å². The van der Waals surface area contributed by atoms with Crippen LogP contribution < -0.4 is 4.72 Å². The fourth-order valence-corrected chi connectivity index (χ4v) is 3.12. The fourth-order valence-electron chi connectivity index (χ4n) is 1.78. The Bertz CT molecular complexity index is 833. The van der Waals surface area contributed by atoms with Gasteiger partial charge in [-0.3, -0.25) is 14.8 Å². The van der Waals surface area contributed by atoms with E-state index in [2.05, 4.69) is 0 Å². The molecule has 0 aliphatic rings. The molecule has 0 saturated carbocycles. The van der Waals surface area contributed by atoms with E-state index in [1.165, 1.54) is 13.0 Å². The molecule has 0 radical (unpaired) electrons. The van der Waals surface area contributed by atoms with Crippen LogP contribution in [0.25, 0.3) is 0 Å². The number of hydrogen-bond acceptors (Lipinski definition) is 4. The maximum atomic E-state index is 13.5. The number of para-hydroxylation sites is 1. The maximum absolute atomic E-state index is 13.5. The van der Waals surface area contributed by atoms with E-state index in [-0.39, 0.29) is 5.56 Å². The molecule has 2 aromatic rings. The topological polar surface area (TPSA) is 89.3 Å². The molecule has 0 unspecified atom stereocenters. The smallest absolute Gasteiger partial charge is 0.270 e. The zero-order valence-electron chi connectivity index (χ0n) is 11.2. The van der Waals surface area contributed by atoms with Crippen LogP contribution in [0.3, 0.4) is 0 Å². The standard InChI is InChI=1S/C13H10F2N2O4S/c1-8-5-6-9(17(18)19)7-12(8)22(20,21)16-13-10(14)3-2-4-11(13)15/h2-7,16H,1H3. The minimum absolute atomic E-state index is 0.204. The predicted octanol–water partition coefficient (Wildman–Crippen LogP) is 2.98. The molecule has 9 heteroatoms. The molecule has 22 heavy (non-hydrogen) atoms. The predicted molar refractivity (Wildman–Crippen MR) is 75.0 cm³/mol. The van der Waals surface area contributed by atoms with Gasteiger partial charge in [0.15, 0.2) is 0 Å². The SMILES string of the molecule is Cc1ccc([N+](=O)[O-])cc1S(=O)(=O)Nc1c(F)cccc1F. The number of hydrogen-bond donors (Lipinski definition) is 1. The summed E-state index contributed by atoms with van der Waals surface area (Å²) in [5.41, 5.74) is -1.08. The third-order valence-corrected chi connectivity index (χ3v) is 4.36. The zero-order chi connectivity index (χ0) is 16.5. The molecule has 0 saturated heterocycles. The molecule has 1 N–H and O–H groups in total. The van der Waals surface area contributed by atoms with Crippen molar-refractivity contribution in [1.29, 1.82) is 0 Å². The summed E-state index contributed by atoms with van der Waals surface area (Å²) in [7, 11) is -4.38. The quantitative estimate of drug-likeness (QED) is 0.690. The summed E-state index contributed by atoms with van der Waals surface area (Å²) in [5, 5.41) is 10.7. The van der Waals surface area contributed by atoms with Gasteiger partial charge in [0.1, 0.15) is 17.3 Å². The van der Waals surface area contributed by atoms with Crippen LogP contribution in [0.1, 0.15) is 5.56 Å². The summed E-state index contributed by atoms with van der Waals surface area (Å²) in [6.07, 6.45) is 0. The summed E-state index contributed by atoms with van der Waals surface area (Å²) in [6, 6.07) is 6.07. The van der Waals surface area contributed by atoms with Crippen molar-refractivity contribution in [2.75, 3.05) is 4.72 Å². The van der Waals surface area contributed by atoms with Crippen molar-refractivity contribution in [3.8, 4) is 0 Å². The average Bonchev–Trinajstić information content (AvgIpc) is 2.43. The van der Waals surface area contributed by atoms with Gasteiger partial charge in [-0.25, -0.2) is 17.2 Å². The first kappa shape index (κ1) is 15.8. The van der Waals surface area contributed by atoms with Crippen LogP contribution in [-0.2, 0) is 10.0 Å². The summed E-state index contributed by atoms with van der Waals surface area (Å²) in [5.74, 6) is -2.18. The van der Waals surface area contributed by atoms with Gasteiger partial charge in [-0.05, 0) is 24.6 Å². The number of nitrogens with one attached hydrogen (secondary N) is 1. The Morgan fingerprint density at radius 2 is 1.73 bits per heavy atom. The number of anilines is 1. The Hall–Kier alpha value is -2.55. The molecule has 0 bridgehead atoms. The van der Waals surface area contributed by atoms with Crippen molar-refractivity contribution in [2.24, 2.45) is 0 Å². The van der Waals surface area contributed by atoms with Gasteiger partial charge in [0.25, 0.3) is 15.7 Å². The molecular formula is C13H10F2N2O4S. The number of sulfonamides is 1. The molecule has 0 heterocycles. The van der Waals surface area contributed by atoms with E-state index in [1.54, 1.807) is 4.72 Å². The second kappa shape index (κ2) is 5.68. The molecule has 2 aromatic carbocycles. The first-order valence-electron chi connectivity index (χ1n) is 5.94. The Kier molecular flexibility index (Phi) is 4.09. The first-order valence-corrected chi connectivity index (χ1v) is 7.42. The molecule has 116 valence electrons. The first-order chi connectivity index (χ1) is 10.2. The van der Waals surface area contributed by atoms with E-state index in [9.17, 15) is 27.3 Å². The van der Waals surface area contributed by atoms with Crippen LogP contribution in [0.5, 0.6) is 0 Å². The Morgan fingerprint density at radius 1 is 1.14 bits per heavy atom. The van der Waals surface area contributed by atoms with Crippen molar-refractivity contribution in [3.63, 3.8) is 0 Å². The highest BCUT2D eigenvalue weighted by molar-refractivity contribution is 7.92. The lowest BCUT2D eigenvalue weighted by Gasteiger charge is -2.11. The molecule has 0 atom stereocenters. The monoisotopic (exact) mass is 328 g/mol. The van der Waals surface area contributed by atoms with Gasteiger partial charge in [-0.15, -0.1) is 0 Å². The Labute approximate surface area is 124 Å². The van der Waals surface area contributed by atoms with Crippen molar-refractivity contribution >= 4 is 21.4 Å². The summed E-state index contributed by atoms with van der Waals surface area (Å²) < 4.78 is 53.3. The number of halogens is 2. The van der Waals surface area contributed by atoms with Gasteiger partial charge in [-0.1, -0.05) is 12.1 Å². The average molecular weight is 328 g/mol. The second-order valence-corrected chi connectivity index (χ2v) is 6.06. The van der Waals surface area contributed by atoms with Gasteiger partial charge in [-0.2, -0.15) is 0 Å². The van der Waals surface area contributed by atoms with Crippen LogP contribution in [0, 0.1) is 28.7 Å². The lowest BCUT2D eigenvalue weighted by Crippen LogP contribution is -2.16. The lowest BCUT2D eigenvalue weighted by molar-refractivity contribution is -0.385. The highest BCUT2D eigenvalue weighted by Crippen LogP contribution is 2.26. The van der Waals surface area contributed by atoms with Gasteiger partial charge >= 0.3 is 0 Å². The molecule has 6 nitrogen and oxygen atoms in total. The molecule has 0 aliphatic carbocycles. The van der Waals surface area contributed by atoms with E-state index in [1.807, 2.05) is 0 Å². The maximum Gasteiger partial charge on any atom is 0.270 e. The summed E-state index contributed by atoms with van der Waals surface area (Å²) in [6.45, 7) is 1.41. The van der Waals surface area contributed by atoms with Gasteiger partial charge < -0.3 is 0 Å². The van der Waals surface area contributed by atoms with Crippen LogP contribution in [0.15, 0.2) is 41.3 Å². The van der Waals surface area contributed by atoms with Crippen LogP contribution >= 0.6 is 0 Å². The number of rotatable bonds is 4. The zero-order valence-corrected chi connectivity index (χ0v) is 12.0. The van der Waals surface area contributed by atoms with Gasteiger partial charge in [0.05, 0.1) is 9.82 Å². The number of benzene rings is 2. The third kappa shape index (κ3) is 3.03. The molecule has 0 amide bonds. The van der Waals surface area contributed by atoms with Crippen molar-refractivity contribution in [1.82, 2.24) is 0 Å². The van der Waals surface area contributed by atoms with Crippen LogP contribution in [-0.4, -0.2) is 13.3 Å². The third-order valence-electron chi connectivity index (χ3n) is 2.87. The summed E-state index contributed by atoms with van der Waals surface area (Å²) in [4.78, 5) is 9.54. The number of nitro benzene ring substituents is 1. The normalized spacial score (nSPS) is 11.2. The number of nitro groups is 1. The lowest BCUT2D eigenvalue weighted by atomic mass is 10.2. The fraction of sp³-hybridized carbons (Fsp3) is 0.0769. The molecule has 0 aromatic heterocycles. The molecule has 0 spiro atoms. The second-order valence-electron chi connectivity index (χ2n) is 4.41. The summed E-state index contributed by atoms with van der Waals surface area (Å²) >= 11 is 0. The Balaban J connectivity index is 2.52. The van der Waals surface area contributed by atoms with E-state index < -0.39 is 42.9 Å². The van der Waals surface area contributed by atoms with Crippen molar-refractivity contribution < 1.29 is 22.1 Å². The van der Waals surface area contributed by atoms with E-state index in [4.69, 9.17) is 0 Å². The van der Waals surface area contributed by atoms with Crippen LogP contribution in [0.2, 0.25) is 0 Å². The van der Waals surface area contributed by atoms with Gasteiger partial charge in [0.2, 0.25) is 0 Å². The Morgan fingerprint density at radius 3 is 2.27 bits per heavy atom. The highest BCUT2D eigenvalue weighted by atomic mass is 32.2. The van der Waals surface area contributed by atoms with Crippen molar-refractivity contribution in [2.45, 2.75) is 11.8 Å². The number of nitrogens with zero attached hydrogens (tertiary/aromatic N) is 1. The molecule has 2 rings (SSSR count). The number of non-ortho nitro benzene ring substituents is 1. The van der Waals surface area contributed by atoms with E-state index in [0.29, 0.717) is 0 Å². The molecule has 0 aliphatic heterocycles. The van der Waals surface area contributed by atoms with Crippen LogP contribution in [0.4, 0.5) is 20.2 Å². The van der Waals surface area contributed by atoms with E-state index in [0.717, 1.165) is 30.3 Å². The van der Waals surface area contributed by atoms with Crippen molar-refractivity contribution in [3.05, 3.63) is 63.7 Å². The largest absolute Gasteiger partial charge is 0.274 e. The minimum Gasteiger partial charge on any atom is -0.274 e. The molecular weight excluding hydrogens is 318 g/mol. The van der Waals surface area contributed by atoms with E-state index >= 15 is 0 Å². The minimum atomic E-state index is -4.38. The highest BCUT2D eigenvalue weighted by Gasteiger charge is 2.23. The number of aryl methyl sites for hydroxylation is 1. The molecule has 0 fully saturated rings.